The third-order valence-corrected chi connectivity index (χ3v) is 4.60. The maximum atomic E-state index is 13.6. The van der Waals surface area contributed by atoms with E-state index in [0.717, 1.165) is 5.56 Å². The van der Waals surface area contributed by atoms with Crippen molar-refractivity contribution in [2.75, 3.05) is 33.9 Å². The number of halogens is 1. The van der Waals surface area contributed by atoms with Crippen LogP contribution in [0.5, 0.6) is 0 Å². The molecule has 1 heterocycles. The predicted molar refractivity (Wildman–Crippen MR) is 84.3 cm³/mol. The van der Waals surface area contributed by atoms with Crippen LogP contribution >= 0.6 is 0 Å². The molecule has 0 saturated carbocycles. The number of hydrogen-bond acceptors (Lipinski definition) is 3. The highest BCUT2D eigenvalue weighted by molar-refractivity contribution is 5.88. The van der Waals surface area contributed by atoms with Crippen LogP contribution in [0.3, 0.4) is 0 Å². The molecule has 0 radical (unpaired) electrons. The lowest BCUT2D eigenvalue weighted by molar-refractivity contribution is -0.130. The summed E-state index contributed by atoms with van der Waals surface area (Å²) in [6, 6.07) is 6.62. The molecule has 1 amide bonds. The molecular weight excluding hydrogens is 283 g/mol. The van der Waals surface area contributed by atoms with Crippen LogP contribution in [0.4, 0.5) is 4.39 Å². The molecule has 0 aliphatic carbocycles. The first-order valence-electron chi connectivity index (χ1n) is 7.74. The van der Waals surface area contributed by atoms with Crippen LogP contribution in [-0.2, 0) is 14.9 Å². The molecule has 0 bridgehead atoms. The van der Waals surface area contributed by atoms with E-state index in [0.29, 0.717) is 32.6 Å². The molecule has 1 aromatic rings. The number of hydrogen-bond donors (Lipinski definition) is 1. The van der Waals surface area contributed by atoms with Gasteiger partial charge in [-0.1, -0.05) is 12.1 Å². The van der Waals surface area contributed by atoms with Crippen LogP contribution in [-0.4, -0.2) is 50.7 Å². The molecule has 0 aromatic heterocycles. The summed E-state index contributed by atoms with van der Waals surface area (Å²) in [4.78, 5) is 14.9. The molecule has 1 saturated heterocycles. The van der Waals surface area contributed by atoms with Crippen molar-refractivity contribution in [2.24, 2.45) is 0 Å². The van der Waals surface area contributed by atoms with Gasteiger partial charge in [-0.25, -0.2) is 4.39 Å². The van der Waals surface area contributed by atoms with Gasteiger partial charge in [0.25, 0.3) is 0 Å². The second kappa shape index (κ2) is 7.20. The zero-order valence-corrected chi connectivity index (χ0v) is 13.6. The first-order chi connectivity index (χ1) is 10.5. The second-order valence-corrected chi connectivity index (χ2v) is 6.23. The maximum Gasteiger partial charge on any atom is 0.230 e. The molecule has 1 atom stereocenters. The number of benzene rings is 1. The fourth-order valence-corrected chi connectivity index (χ4v) is 2.75. The van der Waals surface area contributed by atoms with Crippen molar-refractivity contribution in [3.8, 4) is 0 Å². The van der Waals surface area contributed by atoms with E-state index >= 15 is 0 Å². The van der Waals surface area contributed by atoms with Gasteiger partial charge in [0, 0.05) is 25.8 Å². The number of rotatable bonds is 5. The van der Waals surface area contributed by atoms with Gasteiger partial charge >= 0.3 is 0 Å². The first kappa shape index (κ1) is 16.9. The Bertz CT molecular complexity index is 513. The molecule has 122 valence electrons. The fourth-order valence-electron chi connectivity index (χ4n) is 2.75. The normalized spacial score (nSPS) is 19.0. The molecule has 1 aliphatic heterocycles. The SMILES string of the molecule is C[C@@H](CNC(=O)C1(c2cccc(F)c2)CCOCC1)N(C)C. The van der Waals surface area contributed by atoms with E-state index in [1.54, 1.807) is 6.07 Å². The molecule has 1 aromatic carbocycles. The number of carbonyl (C=O) groups excluding carboxylic acids is 1. The highest BCUT2D eigenvalue weighted by Crippen LogP contribution is 2.35. The third-order valence-electron chi connectivity index (χ3n) is 4.60. The number of nitrogens with one attached hydrogen (secondary N) is 1. The number of amides is 1. The lowest BCUT2D eigenvalue weighted by Crippen LogP contribution is -2.50. The molecule has 1 N–H and O–H groups in total. The van der Waals surface area contributed by atoms with E-state index < -0.39 is 5.41 Å². The lowest BCUT2D eigenvalue weighted by atomic mass is 9.73. The maximum absolute atomic E-state index is 13.6. The van der Waals surface area contributed by atoms with E-state index in [-0.39, 0.29) is 17.8 Å². The Labute approximate surface area is 131 Å². The highest BCUT2D eigenvalue weighted by atomic mass is 19.1. The van der Waals surface area contributed by atoms with Gasteiger partial charge in [0.15, 0.2) is 0 Å². The molecule has 5 heteroatoms. The monoisotopic (exact) mass is 308 g/mol. The third kappa shape index (κ3) is 3.65. The average molecular weight is 308 g/mol. The van der Waals surface area contributed by atoms with Gasteiger partial charge in [-0.05, 0) is 51.6 Å². The number of ether oxygens (including phenoxy) is 1. The Morgan fingerprint density at radius 3 is 2.68 bits per heavy atom. The van der Waals surface area contributed by atoms with Gasteiger partial charge in [-0.3, -0.25) is 4.79 Å². The molecule has 1 aliphatic rings. The summed E-state index contributed by atoms with van der Waals surface area (Å²) >= 11 is 0. The van der Waals surface area contributed by atoms with Gasteiger partial charge in [0.05, 0.1) is 5.41 Å². The molecule has 4 nitrogen and oxygen atoms in total. The van der Waals surface area contributed by atoms with Crippen molar-refractivity contribution in [2.45, 2.75) is 31.2 Å². The average Bonchev–Trinajstić information content (AvgIpc) is 2.52. The minimum atomic E-state index is -0.688. The standard InChI is InChI=1S/C17H25FN2O2/c1-13(20(2)3)12-19-16(21)17(7-9-22-10-8-17)14-5-4-6-15(18)11-14/h4-6,11,13H,7-10,12H2,1-3H3,(H,19,21)/t13-/m0/s1. The largest absolute Gasteiger partial charge is 0.381 e. The smallest absolute Gasteiger partial charge is 0.230 e. The van der Waals surface area contributed by atoms with Crippen LogP contribution in [0, 0.1) is 5.82 Å². The summed E-state index contributed by atoms with van der Waals surface area (Å²) < 4.78 is 19.0. The summed E-state index contributed by atoms with van der Waals surface area (Å²) in [5.74, 6) is -0.340. The van der Waals surface area contributed by atoms with Gasteiger partial charge in [-0.2, -0.15) is 0 Å². The van der Waals surface area contributed by atoms with E-state index in [1.165, 1.54) is 12.1 Å². The number of likely N-dealkylation sites (N-methyl/N-ethyl adjacent to an activating group) is 1. The zero-order valence-electron chi connectivity index (χ0n) is 13.6. The Morgan fingerprint density at radius 2 is 2.09 bits per heavy atom. The summed E-state index contributed by atoms with van der Waals surface area (Å²) in [5.41, 5.74) is 0.0534. The van der Waals surface area contributed by atoms with Crippen LogP contribution < -0.4 is 5.32 Å². The number of nitrogens with zero attached hydrogens (tertiary/aromatic N) is 1. The quantitative estimate of drug-likeness (QED) is 0.904. The summed E-state index contributed by atoms with van der Waals surface area (Å²) in [5, 5.41) is 3.03. The molecule has 1 fully saturated rings. The molecular formula is C17H25FN2O2. The van der Waals surface area contributed by atoms with Crippen LogP contribution in [0.15, 0.2) is 24.3 Å². The molecule has 22 heavy (non-hydrogen) atoms. The van der Waals surface area contributed by atoms with Gasteiger partial charge < -0.3 is 15.0 Å². The summed E-state index contributed by atoms with van der Waals surface area (Å²) in [7, 11) is 3.96. The molecule has 0 spiro atoms. The molecule has 2 rings (SSSR count). The summed E-state index contributed by atoms with van der Waals surface area (Å²) in [6.45, 7) is 3.67. The van der Waals surface area contributed by atoms with E-state index in [4.69, 9.17) is 4.74 Å². The van der Waals surface area contributed by atoms with Crippen molar-refractivity contribution in [3.05, 3.63) is 35.6 Å². The Morgan fingerprint density at radius 1 is 1.41 bits per heavy atom. The summed E-state index contributed by atoms with van der Waals surface area (Å²) in [6.07, 6.45) is 1.16. The molecule has 0 unspecified atom stereocenters. The Balaban J connectivity index is 2.20. The Hall–Kier alpha value is -1.46. The van der Waals surface area contributed by atoms with E-state index in [2.05, 4.69) is 17.1 Å². The van der Waals surface area contributed by atoms with Gasteiger partial charge in [0.2, 0.25) is 5.91 Å². The van der Waals surface area contributed by atoms with Crippen molar-refractivity contribution >= 4 is 5.91 Å². The van der Waals surface area contributed by atoms with Crippen LogP contribution in [0.2, 0.25) is 0 Å². The van der Waals surface area contributed by atoms with E-state index in [9.17, 15) is 9.18 Å². The zero-order chi connectivity index (χ0) is 16.2. The van der Waals surface area contributed by atoms with Gasteiger partial charge in [-0.15, -0.1) is 0 Å². The topological polar surface area (TPSA) is 41.6 Å². The van der Waals surface area contributed by atoms with Crippen LogP contribution in [0.1, 0.15) is 25.3 Å². The van der Waals surface area contributed by atoms with Gasteiger partial charge in [0.1, 0.15) is 5.82 Å². The predicted octanol–water partition coefficient (Wildman–Crippen LogP) is 1.94. The van der Waals surface area contributed by atoms with Crippen molar-refractivity contribution in [1.29, 1.82) is 0 Å². The Kier molecular flexibility index (Phi) is 5.53. The minimum Gasteiger partial charge on any atom is -0.381 e. The van der Waals surface area contributed by atoms with Crippen molar-refractivity contribution < 1.29 is 13.9 Å². The minimum absolute atomic E-state index is 0.0323. The highest BCUT2D eigenvalue weighted by Gasteiger charge is 2.41. The lowest BCUT2D eigenvalue weighted by Gasteiger charge is -2.36. The fraction of sp³-hybridized carbons (Fsp3) is 0.588. The van der Waals surface area contributed by atoms with Crippen molar-refractivity contribution in [1.82, 2.24) is 10.2 Å². The van der Waals surface area contributed by atoms with E-state index in [1.807, 2.05) is 20.2 Å². The van der Waals surface area contributed by atoms with Crippen LogP contribution in [0.25, 0.3) is 0 Å². The second-order valence-electron chi connectivity index (χ2n) is 6.23. The first-order valence-corrected chi connectivity index (χ1v) is 7.74. The van der Waals surface area contributed by atoms with Crippen molar-refractivity contribution in [3.63, 3.8) is 0 Å². The number of carbonyl (C=O) groups is 1.